The lowest BCUT2D eigenvalue weighted by molar-refractivity contribution is 0.0694. The minimum atomic E-state index is -1.10. The predicted molar refractivity (Wildman–Crippen MR) is 55.2 cm³/mol. The van der Waals surface area contributed by atoms with Gasteiger partial charge in [0, 0.05) is 10.3 Å². The Hall–Kier alpha value is -1.55. The highest BCUT2D eigenvalue weighted by Crippen LogP contribution is 2.33. The summed E-state index contributed by atoms with van der Waals surface area (Å²) in [5.41, 5.74) is 0.600. The summed E-state index contributed by atoms with van der Waals surface area (Å²) in [6.45, 7) is 1.72. The van der Waals surface area contributed by atoms with Crippen molar-refractivity contribution in [2.24, 2.45) is 0 Å². The minimum Gasteiger partial charge on any atom is -0.507 e. The molecule has 0 bridgehead atoms. The number of thiophene rings is 1. The zero-order chi connectivity index (χ0) is 10.3. The third kappa shape index (κ3) is 1.15. The Morgan fingerprint density at radius 1 is 1.50 bits per heavy atom. The van der Waals surface area contributed by atoms with Crippen LogP contribution in [0, 0.1) is 6.92 Å². The van der Waals surface area contributed by atoms with Crippen LogP contribution in [0.15, 0.2) is 17.5 Å². The number of hydrogen-bond acceptors (Lipinski definition) is 3. The van der Waals surface area contributed by atoms with Gasteiger partial charge in [0.1, 0.15) is 11.3 Å². The maximum absolute atomic E-state index is 10.8. The van der Waals surface area contributed by atoms with Crippen molar-refractivity contribution in [2.75, 3.05) is 0 Å². The fourth-order valence-corrected chi connectivity index (χ4v) is 2.32. The van der Waals surface area contributed by atoms with Crippen molar-refractivity contribution in [3.05, 3.63) is 28.6 Å². The second kappa shape index (κ2) is 2.99. The molecule has 2 N–H and O–H groups in total. The highest BCUT2D eigenvalue weighted by atomic mass is 32.1. The van der Waals surface area contributed by atoms with Gasteiger partial charge in [-0.25, -0.2) is 4.79 Å². The Balaban J connectivity index is 2.87. The predicted octanol–water partition coefficient (Wildman–Crippen LogP) is 2.61. The summed E-state index contributed by atoms with van der Waals surface area (Å²) < 4.78 is 0.938. The average Bonchev–Trinajstić information content (AvgIpc) is 2.58. The second-order valence-corrected chi connectivity index (χ2v) is 3.96. The topological polar surface area (TPSA) is 57.5 Å². The smallest absolute Gasteiger partial charge is 0.339 e. The van der Waals surface area contributed by atoms with Crippen molar-refractivity contribution in [3.63, 3.8) is 0 Å². The van der Waals surface area contributed by atoms with E-state index < -0.39 is 5.97 Å². The molecule has 0 spiro atoms. The summed E-state index contributed by atoms with van der Waals surface area (Å²) in [6, 6.07) is 3.34. The number of hydrogen-bond donors (Lipinski definition) is 2. The van der Waals surface area contributed by atoms with Gasteiger partial charge in [0.25, 0.3) is 0 Å². The van der Waals surface area contributed by atoms with Crippen molar-refractivity contribution in [1.29, 1.82) is 0 Å². The molecule has 0 fully saturated rings. The molecule has 4 heteroatoms. The number of carboxylic acid groups (broad SMARTS) is 1. The fraction of sp³-hybridized carbons (Fsp3) is 0.100. The number of carbonyl (C=O) groups is 1. The van der Waals surface area contributed by atoms with Crippen LogP contribution in [0.5, 0.6) is 5.75 Å². The lowest BCUT2D eigenvalue weighted by Crippen LogP contribution is -1.97. The first kappa shape index (κ1) is 9.02. The van der Waals surface area contributed by atoms with E-state index in [0.717, 1.165) is 10.1 Å². The van der Waals surface area contributed by atoms with E-state index in [1.54, 1.807) is 6.92 Å². The van der Waals surface area contributed by atoms with Gasteiger partial charge in [0.05, 0.1) is 0 Å². The Morgan fingerprint density at radius 3 is 2.86 bits per heavy atom. The normalized spacial score (nSPS) is 10.6. The van der Waals surface area contributed by atoms with Gasteiger partial charge in [0.15, 0.2) is 0 Å². The standard InChI is InChI=1S/C10H8O3S/c1-5-8(11)7(10(12)13)4-6-2-3-14-9(5)6/h2-4,11H,1H3,(H,12,13). The van der Waals surface area contributed by atoms with Gasteiger partial charge < -0.3 is 10.2 Å². The van der Waals surface area contributed by atoms with Gasteiger partial charge in [-0.2, -0.15) is 0 Å². The lowest BCUT2D eigenvalue weighted by atomic mass is 10.1. The molecule has 0 atom stereocenters. The number of benzene rings is 1. The molecule has 0 saturated carbocycles. The van der Waals surface area contributed by atoms with Crippen LogP contribution >= 0.6 is 11.3 Å². The van der Waals surface area contributed by atoms with Gasteiger partial charge in [-0.3, -0.25) is 0 Å². The molecular weight excluding hydrogens is 200 g/mol. The molecule has 14 heavy (non-hydrogen) atoms. The summed E-state index contributed by atoms with van der Waals surface area (Å²) in [6.07, 6.45) is 0. The van der Waals surface area contributed by atoms with Crippen LogP contribution in [-0.4, -0.2) is 16.2 Å². The monoisotopic (exact) mass is 208 g/mol. The van der Waals surface area contributed by atoms with Crippen LogP contribution in [0.4, 0.5) is 0 Å². The molecule has 0 radical (unpaired) electrons. The zero-order valence-corrected chi connectivity index (χ0v) is 8.26. The third-order valence-electron chi connectivity index (χ3n) is 2.18. The van der Waals surface area contributed by atoms with Crippen LogP contribution < -0.4 is 0 Å². The van der Waals surface area contributed by atoms with Crippen molar-refractivity contribution in [1.82, 2.24) is 0 Å². The van der Waals surface area contributed by atoms with Crippen molar-refractivity contribution < 1.29 is 15.0 Å². The van der Waals surface area contributed by atoms with Gasteiger partial charge in [-0.05, 0) is 29.8 Å². The Bertz CT molecular complexity index is 513. The summed E-state index contributed by atoms with van der Waals surface area (Å²) in [5, 5.41) is 21.2. The van der Waals surface area contributed by atoms with Gasteiger partial charge in [0.2, 0.25) is 0 Å². The first-order valence-corrected chi connectivity index (χ1v) is 4.92. The van der Waals surface area contributed by atoms with E-state index in [0.29, 0.717) is 5.56 Å². The van der Waals surface area contributed by atoms with Crippen LogP contribution in [0.1, 0.15) is 15.9 Å². The molecule has 0 unspecified atom stereocenters. The summed E-state index contributed by atoms with van der Waals surface area (Å²) in [7, 11) is 0. The van der Waals surface area contributed by atoms with E-state index in [-0.39, 0.29) is 11.3 Å². The van der Waals surface area contributed by atoms with Gasteiger partial charge >= 0.3 is 5.97 Å². The summed E-state index contributed by atoms with van der Waals surface area (Å²) >= 11 is 1.50. The molecule has 0 saturated heterocycles. The highest BCUT2D eigenvalue weighted by Gasteiger charge is 2.14. The molecule has 0 aliphatic rings. The van der Waals surface area contributed by atoms with Gasteiger partial charge in [-0.15, -0.1) is 11.3 Å². The van der Waals surface area contributed by atoms with E-state index in [1.807, 2.05) is 11.4 Å². The molecule has 1 heterocycles. The van der Waals surface area contributed by atoms with Crippen molar-refractivity contribution in [2.45, 2.75) is 6.92 Å². The molecule has 3 nitrogen and oxygen atoms in total. The Labute approximate surface area is 84.2 Å². The maximum atomic E-state index is 10.8. The summed E-state index contributed by atoms with van der Waals surface area (Å²) in [4.78, 5) is 10.8. The number of aromatic carboxylic acids is 1. The van der Waals surface area contributed by atoms with Crippen molar-refractivity contribution >= 4 is 27.4 Å². The molecule has 0 amide bonds. The average molecular weight is 208 g/mol. The van der Waals surface area contributed by atoms with E-state index in [2.05, 4.69) is 0 Å². The van der Waals surface area contributed by atoms with Crippen LogP contribution in [-0.2, 0) is 0 Å². The molecule has 0 aliphatic carbocycles. The Kier molecular flexibility index (Phi) is 1.93. The van der Waals surface area contributed by atoms with Crippen LogP contribution in [0.3, 0.4) is 0 Å². The largest absolute Gasteiger partial charge is 0.507 e. The minimum absolute atomic E-state index is 0.0339. The molecule has 1 aromatic carbocycles. The number of aromatic hydroxyl groups is 1. The Morgan fingerprint density at radius 2 is 2.21 bits per heavy atom. The quantitative estimate of drug-likeness (QED) is 0.757. The first-order valence-electron chi connectivity index (χ1n) is 4.04. The third-order valence-corrected chi connectivity index (χ3v) is 3.23. The number of aryl methyl sites for hydroxylation is 1. The molecule has 2 rings (SSSR count). The number of carboxylic acids is 1. The van der Waals surface area contributed by atoms with E-state index >= 15 is 0 Å². The van der Waals surface area contributed by atoms with Crippen molar-refractivity contribution in [3.8, 4) is 5.75 Å². The number of phenols is 1. The van der Waals surface area contributed by atoms with E-state index in [4.69, 9.17) is 5.11 Å². The molecule has 72 valence electrons. The van der Waals surface area contributed by atoms with Gasteiger partial charge in [-0.1, -0.05) is 0 Å². The zero-order valence-electron chi connectivity index (χ0n) is 7.44. The van der Waals surface area contributed by atoms with E-state index in [1.165, 1.54) is 17.4 Å². The number of rotatable bonds is 1. The molecular formula is C10H8O3S. The maximum Gasteiger partial charge on any atom is 0.339 e. The highest BCUT2D eigenvalue weighted by molar-refractivity contribution is 7.17. The summed E-state index contributed by atoms with van der Waals surface area (Å²) in [5.74, 6) is -1.23. The lowest BCUT2D eigenvalue weighted by Gasteiger charge is -2.04. The van der Waals surface area contributed by atoms with E-state index in [9.17, 15) is 9.90 Å². The fourth-order valence-electron chi connectivity index (χ4n) is 1.43. The van der Waals surface area contributed by atoms with Crippen LogP contribution in [0.25, 0.3) is 10.1 Å². The van der Waals surface area contributed by atoms with Crippen LogP contribution in [0.2, 0.25) is 0 Å². The number of fused-ring (bicyclic) bond motifs is 1. The SMILES string of the molecule is Cc1c(O)c(C(=O)O)cc2ccsc12. The molecule has 2 aromatic rings. The second-order valence-electron chi connectivity index (χ2n) is 3.04. The first-order chi connectivity index (χ1) is 6.61. The molecule has 1 aromatic heterocycles. The molecule has 0 aliphatic heterocycles.